The minimum atomic E-state index is -1.06. The Kier molecular flexibility index (Phi) is 9.36. The quantitative estimate of drug-likeness (QED) is 0.545. The molecule has 0 atom stereocenters. The number of aliphatic carboxylic acids is 1. The van der Waals surface area contributed by atoms with Crippen LogP contribution in [0, 0.1) is 0 Å². The highest BCUT2D eigenvalue weighted by atomic mass is 16.4. The molecule has 0 heterocycles. The van der Waals surface area contributed by atoms with E-state index in [0.29, 0.717) is 12.6 Å². The number of nitrogens with zero attached hydrogens (tertiary/aromatic N) is 1. The summed E-state index contributed by atoms with van der Waals surface area (Å²) in [5, 5.41) is 13.1. The van der Waals surface area contributed by atoms with Gasteiger partial charge in [0.2, 0.25) is 5.91 Å². The highest BCUT2D eigenvalue weighted by molar-refractivity contribution is 5.95. The average Bonchev–Trinajstić information content (AvgIpc) is 2.35. The van der Waals surface area contributed by atoms with Crippen molar-refractivity contribution in [1.29, 1.82) is 0 Å². The third-order valence-electron chi connectivity index (χ3n) is 2.92. The van der Waals surface area contributed by atoms with Crippen LogP contribution in [0.15, 0.2) is 0 Å². The van der Waals surface area contributed by atoms with Gasteiger partial charge in [-0.3, -0.25) is 14.9 Å². The van der Waals surface area contributed by atoms with E-state index >= 15 is 0 Å². The van der Waals surface area contributed by atoms with Crippen LogP contribution < -0.4 is 10.6 Å². The van der Waals surface area contributed by atoms with E-state index in [1.807, 2.05) is 7.05 Å². The Morgan fingerprint density at radius 1 is 1.15 bits per heavy atom. The first-order valence-corrected chi connectivity index (χ1v) is 6.82. The van der Waals surface area contributed by atoms with E-state index in [4.69, 9.17) is 5.11 Å². The lowest BCUT2D eigenvalue weighted by molar-refractivity contribution is -0.138. The summed E-state index contributed by atoms with van der Waals surface area (Å²) >= 11 is 0. The van der Waals surface area contributed by atoms with Crippen molar-refractivity contribution in [3.8, 4) is 0 Å². The number of nitrogens with one attached hydrogen (secondary N) is 2. The Hall–Kier alpha value is -1.63. The standard InChI is InChI=1S/C13H25N3O4/c1-10(2)16(3)9-5-4-8-14-13(20)15-11(17)6-7-12(18)19/h10H,4-9H2,1-3H3,(H,18,19)(H2,14,15,17,20). The van der Waals surface area contributed by atoms with Gasteiger partial charge in [0.1, 0.15) is 0 Å². The minimum absolute atomic E-state index is 0.193. The van der Waals surface area contributed by atoms with Crippen LogP contribution in [-0.2, 0) is 9.59 Å². The van der Waals surface area contributed by atoms with Gasteiger partial charge in [0, 0.05) is 19.0 Å². The predicted octanol–water partition coefficient (Wildman–Crippen LogP) is 0.797. The lowest BCUT2D eigenvalue weighted by Crippen LogP contribution is -2.40. The topological polar surface area (TPSA) is 98.7 Å². The van der Waals surface area contributed by atoms with Crippen LogP contribution in [0.1, 0.15) is 39.5 Å². The SMILES string of the molecule is CC(C)N(C)CCCCNC(=O)NC(=O)CCC(=O)O. The molecular weight excluding hydrogens is 262 g/mol. The molecule has 0 fully saturated rings. The lowest BCUT2D eigenvalue weighted by atomic mass is 10.2. The third kappa shape index (κ3) is 10.3. The van der Waals surface area contributed by atoms with Crippen molar-refractivity contribution in [3.63, 3.8) is 0 Å². The molecule has 0 bridgehead atoms. The number of unbranched alkanes of at least 4 members (excludes halogenated alkanes) is 1. The van der Waals surface area contributed by atoms with Gasteiger partial charge < -0.3 is 15.3 Å². The maximum Gasteiger partial charge on any atom is 0.321 e. The molecule has 0 aromatic carbocycles. The number of urea groups is 1. The molecular formula is C13H25N3O4. The van der Waals surface area contributed by atoms with Crippen LogP contribution in [-0.4, -0.2) is 54.1 Å². The number of carbonyl (C=O) groups is 3. The van der Waals surface area contributed by atoms with Gasteiger partial charge in [-0.1, -0.05) is 0 Å². The molecule has 20 heavy (non-hydrogen) atoms. The second kappa shape index (κ2) is 10.2. The smallest absolute Gasteiger partial charge is 0.321 e. The maximum absolute atomic E-state index is 11.3. The van der Waals surface area contributed by atoms with E-state index < -0.39 is 17.9 Å². The molecule has 0 radical (unpaired) electrons. The summed E-state index contributed by atoms with van der Waals surface area (Å²) in [6.45, 7) is 5.69. The Morgan fingerprint density at radius 3 is 2.35 bits per heavy atom. The normalized spacial score (nSPS) is 10.7. The van der Waals surface area contributed by atoms with Crippen LogP contribution in [0.25, 0.3) is 0 Å². The molecule has 0 saturated heterocycles. The number of hydrogen-bond donors (Lipinski definition) is 3. The van der Waals surface area contributed by atoms with E-state index in [1.54, 1.807) is 0 Å². The van der Waals surface area contributed by atoms with Gasteiger partial charge in [-0.25, -0.2) is 4.79 Å². The third-order valence-corrected chi connectivity index (χ3v) is 2.92. The zero-order valence-corrected chi connectivity index (χ0v) is 12.4. The zero-order valence-electron chi connectivity index (χ0n) is 12.4. The fraction of sp³-hybridized carbons (Fsp3) is 0.769. The Morgan fingerprint density at radius 2 is 1.80 bits per heavy atom. The largest absolute Gasteiger partial charge is 0.481 e. The molecule has 0 saturated carbocycles. The molecule has 0 spiro atoms. The van der Waals surface area contributed by atoms with Crippen molar-refractivity contribution >= 4 is 17.9 Å². The summed E-state index contributed by atoms with van der Waals surface area (Å²) in [5.41, 5.74) is 0. The van der Waals surface area contributed by atoms with E-state index in [0.717, 1.165) is 19.4 Å². The summed E-state index contributed by atoms with van der Waals surface area (Å²) in [7, 11) is 2.05. The van der Waals surface area contributed by atoms with Crippen molar-refractivity contribution in [2.75, 3.05) is 20.1 Å². The van der Waals surface area contributed by atoms with Crippen molar-refractivity contribution in [3.05, 3.63) is 0 Å². The van der Waals surface area contributed by atoms with Crippen molar-refractivity contribution in [2.45, 2.75) is 45.6 Å². The first-order chi connectivity index (χ1) is 9.32. The fourth-order valence-corrected chi connectivity index (χ4v) is 1.40. The number of rotatable bonds is 9. The van der Waals surface area contributed by atoms with Crippen molar-refractivity contribution < 1.29 is 19.5 Å². The van der Waals surface area contributed by atoms with E-state index in [2.05, 4.69) is 29.4 Å². The molecule has 0 aromatic heterocycles. The van der Waals surface area contributed by atoms with Gasteiger partial charge in [0.25, 0.3) is 0 Å². The molecule has 3 N–H and O–H groups in total. The number of carboxylic acids is 1. The van der Waals surface area contributed by atoms with Crippen LogP contribution in [0.5, 0.6) is 0 Å². The monoisotopic (exact) mass is 287 g/mol. The van der Waals surface area contributed by atoms with Gasteiger partial charge >= 0.3 is 12.0 Å². The van der Waals surface area contributed by atoms with Gasteiger partial charge in [-0.05, 0) is 40.3 Å². The van der Waals surface area contributed by atoms with Gasteiger partial charge in [-0.15, -0.1) is 0 Å². The maximum atomic E-state index is 11.3. The number of imide groups is 1. The van der Waals surface area contributed by atoms with Crippen LogP contribution in [0.4, 0.5) is 4.79 Å². The van der Waals surface area contributed by atoms with Crippen LogP contribution in [0.3, 0.4) is 0 Å². The molecule has 116 valence electrons. The number of carbonyl (C=O) groups excluding carboxylic acids is 2. The number of carboxylic acid groups (broad SMARTS) is 1. The molecule has 0 aliphatic carbocycles. The molecule has 0 aliphatic heterocycles. The van der Waals surface area contributed by atoms with Gasteiger partial charge in [0.15, 0.2) is 0 Å². The summed E-state index contributed by atoms with van der Waals surface area (Å²) < 4.78 is 0. The molecule has 7 heteroatoms. The Balaban J connectivity index is 3.59. The Labute approximate surface area is 119 Å². The summed E-state index contributed by atoms with van der Waals surface area (Å²) in [5.74, 6) is -1.64. The van der Waals surface area contributed by atoms with Crippen molar-refractivity contribution in [2.24, 2.45) is 0 Å². The summed E-state index contributed by atoms with van der Waals surface area (Å²) in [6, 6.07) is -0.0734. The van der Waals surface area contributed by atoms with Crippen LogP contribution >= 0.6 is 0 Å². The van der Waals surface area contributed by atoms with Crippen molar-refractivity contribution in [1.82, 2.24) is 15.5 Å². The summed E-state index contributed by atoms with van der Waals surface area (Å²) in [4.78, 5) is 34.9. The highest BCUT2D eigenvalue weighted by Gasteiger charge is 2.09. The predicted molar refractivity (Wildman–Crippen MR) is 75.4 cm³/mol. The average molecular weight is 287 g/mol. The fourth-order valence-electron chi connectivity index (χ4n) is 1.40. The number of amides is 3. The van der Waals surface area contributed by atoms with Gasteiger partial charge in [-0.2, -0.15) is 0 Å². The summed E-state index contributed by atoms with van der Waals surface area (Å²) in [6.07, 6.45) is 1.32. The molecule has 0 rings (SSSR count). The molecule has 7 nitrogen and oxygen atoms in total. The zero-order chi connectivity index (χ0) is 15.5. The Bertz CT molecular complexity index is 332. The minimum Gasteiger partial charge on any atom is -0.481 e. The van der Waals surface area contributed by atoms with E-state index in [9.17, 15) is 14.4 Å². The first-order valence-electron chi connectivity index (χ1n) is 6.82. The highest BCUT2D eigenvalue weighted by Crippen LogP contribution is 1.97. The second-order valence-corrected chi connectivity index (χ2v) is 4.98. The second-order valence-electron chi connectivity index (χ2n) is 4.98. The van der Waals surface area contributed by atoms with Gasteiger partial charge in [0.05, 0.1) is 6.42 Å². The number of hydrogen-bond acceptors (Lipinski definition) is 4. The van der Waals surface area contributed by atoms with Crippen LogP contribution in [0.2, 0.25) is 0 Å². The van der Waals surface area contributed by atoms with E-state index in [-0.39, 0.29) is 12.8 Å². The first kappa shape index (κ1) is 18.4. The molecule has 3 amide bonds. The lowest BCUT2D eigenvalue weighted by Gasteiger charge is -2.20. The molecule has 0 aromatic rings. The molecule has 0 unspecified atom stereocenters. The molecule has 0 aliphatic rings. The van der Waals surface area contributed by atoms with E-state index in [1.165, 1.54) is 0 Å².